The van der Waals surface area contributed by atoms with Crippen LogP contribution in [-0.4, -0.2) is 23.5 Å². The van der Waals surface area contributed by atoms with Gasteiger partial charge in [0.05, 0.1) is 38.8 Å². The molecule has 4 nitrogen and oxygen atoms in total. The number of amides is 1. The van der Waals surface area contributed by atoms with Crippen LogP contribution in [0.1, 0.15) is 47.3 Å². The number of halogens is 5. The fraction of sp³-hybridized carbons (Fsp3) is 0.429. The van der Waals surface area contributed by atoms with E-state index in [2.05, 4.69) is 15.6 Å². The Morgan fingerprint density at radius 3 is 2.47 bits per heavy atom. The molecule has 0 atom stereocenters. The Labute approximate surface area is 183 Å². The molecule has 1 aromatic carbocycles. The summed E-state index contributed by atoms with van der Waals surface area (Å²) in [5, 5.41) is 6.77. The highest BCUT2D eigenvalue weighted by molar-refractivity contribution is 6.33. The Balaban J connectivity index is 1.51. The van der Waals surface area contributed by atoms with Crippen LogP contribution in [0, 0.1) is 12.8 Å². The van der Waals surface area contributed by atoms with Crippen LogP contribution in [0.15, 0.2) is 30.5 Å². The van der Waals surface area contributed by atoms with Gasteiger partial charge in [-0.25, -0.2) is 0 Å². The number of alkyl halides is 3. The summed E-state index contributed by atoms with van der Waals surface area (Å²) in [4.78, 5) is 16.7. The van der Waals surface area contributed by atoms with E-state index in [0.29, 0.717) is 10.9 Å². The predicted molar refractivity (Wildman–Crippen MR) is 112 cm³/mol. The fourth-order valence-corrected chi connectivity index (χ4v) is 3.88. The Morgan fingerprint density at radius 2 is 1.83 bits per heavy atom. The minimum atomic E-state index is -4.53. The van der Waals surface area contributed by atoms with Gasteiger partial charge in [-0.3, -0.25) is 9.78 Å². The first-order valence-corrected chi connectivity index (χ1v) is 10.4. The molecule has 1 heterocycles. The van der Waals surface area contributed by atoms with Crippen LogP contribution in [0.2, 0.25) is 10.0 Å². The summed E-state index contributed by atoms with van der Waals surface area (Å²) in [6.45, 7) is 2.61. The summed E-state index contributed by atoms with van der Waals surface area (Å²) in [6.07, 6.45) is 0.499. The summed E-state index contributed by atoms with van der Waals surface area (Å²) >= 11 is 12.0. The molecule has 1 aliphatic rings. The number of benzene rings is 1. The van der Waals surface area contributed by atoms with Crippen molar-refractivity contribution in [2.24, 2.45) is 5.92 Å². The number of rotatable bonds is 5. The third-order valence-electron chi connectivity index (χ3n) is 5.34. The summed E-state index contributed by atoms with van der Waals surface area (Å²) in [7, 11) is 0. The Kier molecular flexibility index (Phi) is 7.14. The molecule has 0 spiro atoms. The number of nitrogens with zero attached hydrogens (tertiary/aromatic N) is 1. The van der Waals surface area contributed by atoms with E-state index in [9.17, 15) is 18.0 Å². The third kappa shape index (κ3) is 5.79. The predicted octanol–water partition coefficient (Wildman–Crippen LogP) is 6.12. The number of carbonyl (C=O) groups is 1. The van der Waals surface area contributed by atoms with Crippen LogP contribution < -0.4 is 10.6 Å². The molecule has 162 valence electrons. The van der Waals surface area contributed by atoms with E-state index >= 15 is 0 Å². The van der Waals surface area contributed by atoms with Crippen LogP contribution in [0.4, 0.5) is 18.9 Å². The second-order valence-electron chi connectivity index (χ2n) is 7.56. The van der Waals surface area contributed by atoms with Gasteiger partial charge in [-0.05, 0) is 62.8 Å². The van der Waals surface area contributed by atoms with Gasteiger partial charge in [0.2, 0.25) is 0 Å². The van der Waals surface area contributed by atoms with Crippen molar-refractivity contribution in [3.05, 3.63) is 57.3 Å². The number of aryl methyl sites for hydroxylation is 1. The average Bonchev–Trinajstić information content (AvgIpc) is 2.69. The van der Waals surface area contributed by atoms with Gasteiger partial charge >= 0.3 is 6.18 Å². The van der Waals surface area contributed by atoms with Gasteiger partial charge in [0, 0.05) is 12.6 Å². The molecule has 1 aromatic heterocycles. The molecular weight excluding hydrogens is 438 g/mol. The molecule has 30 heavy (non-hydrogen) atoms. The van der Waals surface area contributed by atoms with Crippen LogP contribution in [0.3, 0.4) is 0 Å². The van der Waals surface area contributed by atoms with Crippen molar-refractivity contribution in [3.8, 4) is 0 Å². The second kappa shape index (κ2) is 9.43. The van der Waals surface area contributed by atoms with Gasteiger partial charge in [0.25, 0.3) is 5.91 Å². The van der Waals surface area contributed by atoms with Crippen molar-refractivity contribution in [2.75, 3.05) is 11.9 Å². The van der Waals surface area contributed by atoms with E-state index in [0.717, 1.165) is 61.8 Å². The summed E-state index contributed by atoms with van der Waals surface area (Å²) < 4.78 is 38.7. The zero-order chi connectivity index (χ0) is 21.9. The van der Waals surface area contributed by atoms with Crippen LogP contribution in [0.25, 0.3) is 0 Å². The lowest BCUT2D eigenvalue weighted by atomic mass is 9.86. The van der Waals surface area contributed by atoms with Gasteiger partial charge in [-0.2, -0.15) is 13.2 Å². The molecule has 0 bridgehead atoms. The van der Waals surface area contributed by atoms with Gasteiger partial charge in [0.15, 0.2) is 0 Å². The quantitative estimate of drug-likeness (QED) is 0.566. The highest BCUT2D eigenvalue weighted by Crippen LogP contribution is 2.32. The molecule has 3 rings (SSSR count). The summed E-state index contributed by atoms with van der Waals surface area (Å²) in [5.41, 5.74) is 0.594. The number of aromatic nitrogens is 1. The topological polar surface area (TPSA) is 54.0 Å². The van der Waals surface area contributed by atoms with Gasteiger partial charge in [-0.1, -0.05) is 23.2 Å². The zero-order valence-electron chi connectivity index (χ0n) is 16.3. The SMILES string of the molecule is Cc1ncc(NC[C@H]2CC[C@H](NC(=O)c3cc(C(F)(F)F)ccc3Cl)CC2)cc1Cl. The summed E-state index contributed by atoms with van der Waals surface area (Å²) in [5.74, 6) is -0.150. The average molecular weight is 460 g/mol. The number of anilines is 1. The minimum Gasteiger partial charge on any atom is -0.383 e. The van der Waals surface area contributed by atoms with Crippen molar-refractivity contribution in [3.63, 3.8) is 0 Å². The smallest absolute Gasteiger partial charge is 0.383 e. The van der Waals surface area contributed by atoms with Crippen LogP contribution in [0.5, 0.6) is 0 Å². The number of hydrogen-bond acceptors (Lipinski definition) is 3. The fourth-order valence-electron chi connectivity index (χ4n) is 3.51. The van der Waals surface area contributed by atoms with E-state index in [1.165, 1.54) is 0 Å². The zero-order valence-corrected chi connectivity index (χ0v) is 17.8. The Morgan fingerprint density at radius 1 is 1.13 bits per heavy atom. The maximum absolute atomic E-state index is 12.9. The molecule has 0 unspecified atom stereocenters. The molecule has 0 radical (unpaired) electrons. The maximum Gasteiger partial charge on any atom is 0.416 e. The highest BCUT2D eigenvalue weighted by Gasteiger charge is 2.32. The number of hydrogen-bond donors (Lipinski definition) is 2. The lowest BCUT2D eigenvalue weighted by Crippen LogP contribution is -2.38. The molecule has 1 aliphatic carbocycles. The molecule has 1 saturated carbocycles. The van der Waals surface area contributed by atoms with Crippen molar-refractivity contribution in [1.82, 2.24) is 10.3 Å². The standard InChI is InChI=1S/C21H22Cl2F3N3O/c1-12-19(23)9-16(11-27-12)28-10-13-2-5-15(6-3-13)29-20(30)17-8-14(21(24,25)26)4-7-18(17)22/h4,7-9,11,13,15,28H,2-3,5-6,10H2,1H3,(H,29,30)/t13-,15-. The van der Waals surface area contributed by atoms with E-state index in [1.807, 2.05) is 13.0 Å². The molecule has 1 amide bonds. The summed E-state index contributed by atoms with van der Waals surface area (Å²) in [6, 6.07) is 4.53. The number of carbonyl (C=O) groups excluding carboxylic acids is 1. The van der Waals surface area contributed by atoms with Crippen molar-refractivity contribution in [2.45, 2.75) is 44.8 Å². The van der Waals surface area contributed by atoms with Crippen molar-refractivity contribution >= 4 is 34.8 Å². The minimum absolute atomic E-state index is 0.00348. The normalized spacial score (nSPS) is 19.4. The largest absolute Gasteiger partial charge is 0.416 e. The van der Waals surface area contributed by atoms with Gasteiger partial charge in [-0.15, -0.1) is 0 Å². The first kappa shape index (κ1) is 22.7. The second-order valence-corrected chi connectivity index (χ2v) is 8.37. The van der Waals surface area contributed by atoms with E-state index < -0.39 is 17.6 Å². The Hall–Kier alpha value is -1.99. The van der Waals surface area contributed by atoms with E-state index in [-0.39, 0.29) is 16.6 Å². The number of pyridine rings is 1. The molecule has 2 aromatic rings. The molecule has 0 aliphatic heterocycles. The van der Waals surface area contributed by atoms with Crippen molar-refractivity contribution < 1.29 is 18.0 Å². The first-order chi connectivity index (χ1) is 14.1. The maximum atomic E-state index is 12.9. The molecule has 0 saturated heterocycles. The van der Waals surface area contributed by atoms with Crippen molar-refractivity contribution in [1.29, 1.82) is 0 Å². The lowest BCUT2D eigenvalue weighted by molar-refractivity contribution is -0.137. The molecule has 9 heteroatoms. The molecular formula is C21H22Cl2F3N3O. The van der Waals surface area contributed by atoms with E-state index in [4.69, 9.17) is 23.2 Å². The Bertz CT molecular complexity index is 913. The number of nitrogens with one attached hydrogen (secondary N) is 2. The highest BCUT2D eigenvalue weighted by atomic mass is 35.5. The van der Waals surface area contributed by atoms with Gasteiger partial charge in [0.1, 0.15) is 0 Å². The van der Waals surface area contributed by atoms with Gasteiger partial charge < -0.3 is 10.6 Å². The molecule has 2 N–H and O–H groups in total. The van der Waals surface area contributed by atoms with E-state index in [1.54, 1.807) is 6.20 Å². The van der Waals surface area contributed by atoms with Crippen LogP contribution in [-0.2, 0) is 6.18 Å². The molecule has 1 fully saturated rings. The monoisotopic (exact) mass is 459 g/mol. The van der Waals surface area contributed by atoms with Crippen LogP contribution >= 0.6 is 23.2 Å². The lowest BCUT2D eigenvalue weighted by Gasteiger charge is -2.29. The first-order valence-electron chi connectivity index (χ1n) is 9.67. The third-order valence-corrected chi connectivity index (χ3v) is 6.05.